The molecule has 1 N–H and O–H groups in total. The van der Waals surface area contributed by atoms with Gasteiger partial charge in [0.15, 0.2) is 5.43 Å². The van der Waals surface area contributed by atoms with Gasteiger partial charge in [-0.25, -0.2) is 0 Å². The Kier molecular flexibility index (Phi) is 6.48. The molecule has 7 nitrogen and oxygen atoms in total. The third kappa shape index (κ3) is 4.47. The summed E-state index contributed by atoms with van der Waals surface area (Å²) in [7, 11) is -4.94. The molecule has 0 bridgehead atoms. The smallest absolute Gasteiger partial charge is 0.333 e. The second-order valence-corrected chi connectivity index (χ2v) is 12.1. The zero-order valence-corrected chi connectivity index (χ0v) is 23.0. The van der Waals surface area contributed by atoms with Gasteiger partial charge in [0.1, 0.15) is 10.5 Å². The summed E-state index contributed by atoms with van der Waals surface area (Å²) in [6.45, 7) is 5.33. The van der Waals surface area contributed by atoms with Crippen LogP contribution in [0.15, 0.2) is 58.5 Å². The highest BCUT2D eigenvalue weighted by Gasteiger charge is 2.25. The maximum atomic E-state index is 14.2. The minimum atomic E-state index is -4.94. The normalized spacial score (nSPS) is 14.9. The van der Waals surface area contributed by atoms with Crippen LogP contribution in [0.4, 0.5) is 3.89 Å². The molecule has 0 unspecified atom stereocenters. The Morgan fingerprint density at radius 1 is 1.15 bits per heavy atom. The van der Waals surface area contributed by atoms with E-state index in [2.05, 4.69) is 34.3 Å². The van der Waals surface area contributed by atoms with Crippen LogP contribution in [0.3, 0.4) is 0 Å². The van der Waals surface area contributed by atoms with Crippen LogP contribution >= 0.6 is 0 Å². The summed E-state index contributed by atoms with van der Waals surface area (Å²) in [5.74, 6) is 2.90. The molecule has 1 aliphatic heterocycles. The molecule has 0 saturated carbocycles. The van der Waals surface area contributed by atoms with Crippen LogP contribution in [0.1, 0.15) is 43.9 Å². The number of hydrogen-bond acceptors (Lipinski definition) is 5. The number of aromatic amines is 1. The Morgan fingerprint density at radius 3 is 2.62 bits per heavy atom. The molecule has 1 fully saturated rings. The van der Waals surface area contributed by atoms with Gasteiger partial charge in [-0.15, -0.1) is 10.3 Å². The van der Waals surface area contributed by atoms with E-state index in [0.29, 0.717) is 58.3 Å². The van der Waals surface area contributed by atoms with Crippen molar-refractivity contribution in [3.63, 3.8) is 0 Å². The zero-order valence-electron chi connectivity index (χ0n) is 22.2. The summed E-state index contributed by atoms with van der Waals surface area (Å²) in [6.07, 6.45) is 10.3. The van der Waals surface area contributed by atoms with Crippen LogP contribution in [0.2, 0.25) is 0 Å². The van der Waals surface area contributed by atoms with E-state index in [-0.39, 0.29) is 17.4 Å². The molecular formula is C31H28FN3O4S. The Bertz CT molecular complexity index is 2010. The molecule has 0 amide bonds. The number of pyridine rings is 2. The van der Waals surface area contributed by atoms with Crippen molar-refractivity contribution in [1.29, 1.82) is 0 Å². The largest absolute Gasteiger partial charge is 0.381 e. The van der Waals surface area contributed by atoms with Crippen LogP contribution in [-0.2, 0) is 21.4 Å². The van der Waals surface area contributed by atoms with Crippen molar-refractivity contribution < 1.29 is 17.0 Å². The van der Waals surface area contributed by atoms with Crippen molar-refractivity contribution >= 4 is 43.1 Å². The van der Waals surface area contributed by atoms with Crippen LogP contribution in [-0.4, -0.2) is 36.2 Å². The van der Waals surface area contributed by atoms with Crippen molar-refractivity contribution in [2.45, 2.75) is 44.0 Å². The Morgan fingerprint density at radius 2 is 1.93 bits per heavy atom. The molecule has 5 aromatic rings. The first-order valence-corrected chi connectivity index (χ1v) is 14.6. The lowest BCUT2D eigenvalue weighted by Gasteiger charge is -2.28. The van der Waals surface area contributed by atoms with Crippen LogP contribution in [0.25, 0.3) is 44.0 Å². The van der Waals surface area contributed by atoms with E-state index in [4.69, 9.17) is 11.2 Å². The molecule has 0 radical (unpaired) electrons. The summed E-state index contributed by atoms with van der Waals surface area (Å²) < 4.78 is 45.1. The van der Waals surface area contributed by atoms with Crippen molar-refractivity contribution in [3.8, 4) is 23.5 Å². The topological polar surface area (TPSA) is 94.0 Å². The van der Waals surface area contributed by atoms with Crippen molar-refractivity contribution in [2.24, 2.45) is 5.92 Å². The van der Waals surface area contributed by atoms with Gasteiger partial charge in [0.2, 0.25) is 0 Å². The van der Waals surface area contributed by atoms with Crippen LogP contribution in [0, 0.1) is 18.3 Å². The monoisotopic (exact) mass is 557 g/mol. The molecule has 9 heteroatoms. The van der Waals surface area contributed by atoms with Crippen LogP contribution in [0.5, 0.6) is 0 Å². The zero-order chi connectivity index (χ0) is 28.2. The number of terminal acetylenes is 1. The summed E-state index contributed by atoms with van der Waals surface area (Å²) in [4.78, 5) is 21.2. The third-order valence-corrected chi connectivity index (χ3v) is 8.42. The third-order valence-electron chi connectivity index (χ3n) is 7.63. The molecule has 40 heavy (non-hydrogen) atoms. The van der Waals surface area contributed by atoms with Gasteiger partial charge in [-0.2, -0.15) is 8.42 Å². The fraction of sp³-hybridized carbons (Fsp3) is 0.290. The molecule has 0 aliphatic carbocycles. The molecule has 3 aromatic heterocycles. The minimum absolute atomic E-state index is 0.0546. The number of fused-ring (bicyclic) bond motifs is 4. The van der Waals surface area contributed by atoms with Gasteiger partial charge in [-0.1, -0.05) is 25.8 Å². The summed E-state index contributed by atoms with van der Waals surface area (Å²) in [5.41, 5.74) is 4.86. The fourth-order valence-corrected chi connectivity index (χ4v) is 6.31. The van der Waals surface area contributed by atoms with Gasteiger partial charge < -0.3 is 14.3 Å². The van der Waals surface area contributed by atoms with E-state index in [1.165, 1.54) is 12.3 Å². The molecule has 2 aromatic carbocycles. The van der Waals surface area contributed by atoms with Gasteiger partial charge in [-0.3, -0.25) is 9.78 Å². The second-order valence-electron chi connectivity index (χ2n) is 10.8. The maximum Gasteiger partial charge on any atom is 0.333 e. The van der Waals surface area contributed by atoms with Gasteiger partial charge in [0.25, 0.3) is 0 Å². The predicted octanol–water partition coefficient (Wildman–Crippen LogP) is 5.89. The SMILES string of the molecule is C#Cc1ccc2c(c1)[nH]c1c2c(=O)c2cc(CC(C)C)c(-c3cncc(S(=O)(=O)F)c3)cc2n1C1CCOCC1. The van der Waals surface area contributed by atoms with Crippen molar-refractivity contribution in [2.75, 3.05) is 13.2 Å². The van der Waals surface area contributed by atoms with E-state index in [1.54, 1.807) is 0 Å². The molecule has 204 valence electrons. The first kappa shape index (κ1) is 26.2. The first-order chi connectivity index (χ1) is 19.2. The lowest BCUT2D eigenvalue weighted by atomic mass is 9.91. The Hall–Kier alpha value is -4.00. The maximum absolute atomic E-state index is 14.2. The Balaban J connectivity index is 1.75. The Labute approximate surface area is 231 Å². The van der Waals surface area contributed by atoms with E-state index in [9.17, 15) is 17.1 Å². The summed E-state index contributed by atoms with van der Waals surface area (Å²) in [5, 5.41) is 1.98. The van der Waals surface area contributed by atoms with Gasteiger partial charge in [0, 0.05) is 59.1 Å². The molecule has 1 aliphatic rings. The number of nitrogens with zero attached hydrogens (tertiary/aromatic N) is 2. The molecule has 0 spiro atoms. The molecule has 6 rings (SSSR count). The minimum Gasteiger partial charge on any atom is -0.381 e. The van der Waals surface area contributed by atoms with Gasteiger partial charge in [0.05, 0.1) is 10.9 Å². The number of ether oxygens (including phenoxy) is 1. The highest BCUT2D eigenvalue weighted by atomic mass is 32.3. The number of rotatable bonds is 5. The average Bonchev–Trinajstić information content (AvgIpc) is 3.31. The quantitative estimate of drug-likeness (QED) is 0.215. The lowest BCUT2D eigenvalue weighted by molar-refractivity contribution is 0.0715. The molecular weight excluding hydrogens is 529 g/mol. The fourth-order valence-electron chi connectivity index (χ4n) is 5.85. The highest BCUT2D eigenvalue weighted by Crippen LogP contribution is 2.37. The second kappa shape index (κ2) is 9.88. The summed E-state index contributed by atoms with van der Waals surface area (Å²) in [6, 6.07) is 10.8. The van der Waals surface area contributed by atoms with Crippen molar-refractivity contribution in [3.05, 3.63) is 70.1 Å². The lowest BCUT2D eigenvalue weighted by Crippen LogP contribution is -2.23. The molecule has 0 atom stereocenters. The standard InChI is InChI=1S/C31H28FN3O4S/c1-4-19-5-6-24-27(12-19)34-31-29(24)30(36)26-14-20(11-18(2)3)25(21-13-23(17-33-16-21)40(32,37)38)15-28(26)35(31)22-7-9-39-10-8-22/h1,5-6,12-18,22,34H,7-11H2,2-3H3. The molecule has 4 heterocycles. The number of hydrogen-bond donors (Lipinski definition) is 1. The number of H-pyrrole nitrogens is 1. The van der Waals surface area contributed by atoms with E-state index in [0.717, 1.165) is 35.5 Å². The van der Waals surface area contributed by atoms with Crippen LogP contribution < -0.4 is 5.43 Å². The molecule has 1 saturated heterocycles. The number of benzene rings is 2. The van der Waals surface area contributed by atoms with E-state index >= 15 is 0 Å². The number of nitrogens with one attached hydrogen (secondary N) is 1. The average molecular weight is 558 g/mol. The van der Waals surface area contributed by atoms with Crippen molar-refractivity contribution in [1.82, 2.24) is 14.5 Å². The van der Waals surface area contributed by atoms with E-state index in [1.807, 2.05) is 30.3 Å². The first-order valence-electron chi connectivity index (χ1n) is 13.3. The van der Waals surface area contributed by atoms with Gasteiger partial charge >= 0.3 is 10.2 Å². The highest BCUT2D eigenvalue weighted by molar-refractivity contribution is 7.86. The summed E-state index contributed by atoms with van der Waals surface area (Å²) >= 11 is 0. The van der Waals surface area contributed by atoms with E-state index < -0.39 is 15.1 Å². The number of halogens is 1. The van der Waals surface area contributed by atoms with Gasteiger partial charge in [-0.05, 0) is 66.6 Å². The predicted molar refractivity (Wildman–Crippen MR) is 155 cm³/mol. The number of aromatic nitrogens is 3.